The number of fused-ring (bicyclic) bond motifs is 2. The molecular weight excluding hydrogens is 469 g/mol. The third kappa shape index (κ3) is 4.04. The molecule has 3 heterocycles. The van der Waals surface area contributed by atoms with Crippen molar-refractivity contribution in [2.75, 3.05) is 19.9 Å². The predicted octanol–water partition coefficient (Wildman–Crippen LogP) is 3.12. The van der Waals surface area contributed by atoms with Gasteiger partial charge in [0.15, 0.2) is 16.3 Å². The van der Waals surface area contributed by atoms with E-state index in [2.05, 4.69) is 4.99 Å². The van der Waals surface area contributed by atoms with Crippen LogP contribution in [0.25, 0.3) is 10.2 Å². The average molecular weight is 492 g/mol. The number of rotatable bonds is 4. The molecule has 11 heteroatoms. The van der Waals surface area contributed by atoms with Crippen LogP contribution in [0.15, 0.2) is 46.3 Å². The van der Waals surface area contributed by atoms with E-state index in [0.717, 1.165) is 22.3 Å². The number of hydrogen-bond acceptors (Lipinski definition) is 6. The number of benzene rings is 2. The Morgan fingerprint density at radius 1 is 1.15 bits per heavy atom. The highest BCUT2D eigenvalue weighted by Crippen LogP contribution is 2.37. The van der Waals surface area contributed by atoms with E-state index in [9.17, 15) is 17.6 Å². The minimum Gasteiger partial charge on any atom is -0.454 e. The molecule has 0 saturated carbocycles. The van der Waals surface area contributed by atoms with Gasteiger partial charge in [0.2, 0.25) is 16.8 Å². The third-order valence-electron chi connectivity index (χ3n) is 5.95. The second-order valence-corrected chi connectivity index (χ2v) is 10.8. The summed E-state index contributed by atoms with van der Waals surface area (Å²) < 4.78 is 53.9. The molecule has 3 aromatic rings. The molecule has 1 saturated heterocycles. The number of halogens is 1. The van der Waals surface area contributed by atoms with E-state index in [1.165, 1.54) is 27.8 Å². The number of amides is 1. The highest BCUT2D eigenvalue weighted by molar-refractivity contribution is 7.89. The van der Waals surface area contributed by atoms with E-state index in [1.807, 2.05) is 23.6 Å². The Hall–Kier alpha value is -2.76. The fourth-order valence-electron chi connectivity index (χ4n) is 4.13. The molecule has 0 N–H and O–H groups in total. The summed E-state index contributed by atoms with van der Waals surface area (Å²) in [6, 6.07) is 8.57. The Morgan fingerprint density at radius 3 is 2.48 bits per heavy atom. The highest BCUT2D eigenvalue weighted by atomic mass is 32.2. The summed E-state index contributed by atoms with van der Waals surface area (Å²) in [5.41, 5.74) is 0.929. The summed E-state index contributed by atoms with van der Waals surface area (Å²) in [4.78, 5) is 18.0. The zero-order valence-electron chi connectivity index (χ0n) is 17.9. The zero-order chi connectivity index (χ0) is 23.2. The van der Waals surface area contributed by atoms with Crippen molar-refractivity contribution < 1.29 is 27.1 Å². The molecule has 2 aliphatic rings. The van der Waals surface area contributed by atoms with Gasteiger partial charge in [-0.1, -0.05) is 11.3 Å². The average Bonchev–Trinajstić information content (AvgIpc) is 3.40. The first-order chi connectivity index (χ1) is 15.9. The number of carbonyl (C=O) groups is 1. The number of piperidine rings is 1. The van der Waals surface area contributed by atoms with Gasteiger partial charge in [-0.2, -0.15) is 9.30 Å². The Kier molecular flexibility index (Phi) is 5.71. The summed E-state index contributed by atoms with van der Waals surface area (Å²) in [7, 11) is -3.72. The Labute approximate surface area is 193 Å². The van der Waals surface area contributed by atoms with E-state index >= 15 is 0 Å². The minimum atomic E-state index is -3.72. The first kappa shape index (κ1) is 22.1. The van der Waals surface area contributed by atoms with Gasteiger partial charge in [-0.3, -0.25) is 4.79 Å². The number of aryl methyl sites for hydroxylation is 1. The van der Waals surface area contributed by atoms with Gasteiger partial charge in [0.1, 0.15) is 5.82 Å². The molecule has 2 aromatic carbocycles. The maximum atomic E-state index is 13.1. The second kappa shape index (κ2) is 8.54. The van der Waals surface area contributed by atoms with Crippen molar-refractivity contribution in [1.82, 2.24) is 8.87 Å². The number of nitrogens with zero attached hydrogens (tertiary/aromatic N) is 3. The molecule has 174 valence electrons. The molecule has 0 bridgehead atoms. The van der Waals surface area contributed by atoms with Crippen molar-refractivity contribution in [3.8, 4) is 11.5 Å². The van der Waals surface area contributed by atoms with E-state index in [4.69, 9.17) is 9.47 Å². The molecule has 0 unspecified atom stereocenters. The van der Waals surface area contributed by atoms with E-state index in [0.29, 0.717) is 35.7 Å². The zero-order valence-corrected chi connectivity index (χ0v) is 19.5. The molecule has 1 amide bonds. The van der Waals surface area contributed by atoms with Gasteiger partial charge in [0.05, 0.1) is 15.1 Å². The highest BCUT2D eigenvalue weighted by Gasteiger charge is 2.32. The lowest BCUT2D eigenvalue weighted by Crippen LogP contribution is -2.40. The van der Waals surface area contributed by atoms with Gasteiger partial charge < -0.3 is 14.0 Å². The first-order valence-corrected chi connectivity index (χ1v) is 12.9. The van der Waals surface area contributed by atoms with Gasteiger partial charge in [0, 0.05) is 37.7 Å². The van der Waals surface area contributed by atoms with Gasteiger partial charge in [-0.15, -0.1) is 0 Å². The fraction of sp³-hybridized carbons (Fsp3) is 0.364. The largest absolute Gasteiger partial charge is 0.454 e. The van der Waals surface area contributed by atoms with E-state index < -0.39 is 15.8 Å². The molecule has 2 aliphatic heterocycles. The lowest BCUT2D eigenvalue weighted by atomic mass is 9.98. The smallest absolute Gasteiger partial charge is 0.251 e. The molecule has 0 aliphatic carbocycles. The van der Waals surface area contributed by atoms with Crippen molar-refractivity contribution in [3.05, 3.63) is 47.0 Å². The van der Waals surface area contributed by atoms with Crippen molar-refractivity contribution in [3.63, 3.8) is 0 Å². The number of ether oxygens (including phenoxy) is 2. The van der Waals surface area contributed by atoms with Crippen LogP contribution in [0.4, 0.5) is 4.39 Å². The Balaban J connectivity index is 1.34. The van der Waals surface area contributed by atoms with Gasteiger partial charge in [0.25, 0.3) is 5.91 Å². The molecule has 0 radical (unpaired) electrons. The quantitative estimate of drug-likeness (QED) is 0.560. The SMILES string of the molecule is CCn1c(=NC(=O)C2CCN(S(=O)(=O)c3ccc(F)cc3)CC2)sc2cc3c(cc21)OCO3. The Bertz CT molecular complexity index is 1390. The van der Waals surface area contributed by atoms with Crippen LogP contribution in [0, 0.1) is 11.7 Å². The summed E-state index contributed by atoms with van der Waals surface area (Å²) in [6.45, 7) is 3.25. The lowest BCUT2D eigenvalue weighted by molar-refractivity contribution is -0.122. The monoisotopic (exact) mass is 491 g/mol. The minimum absolute atomic E-state index is 0.0486. The van der Waals surface area contributed by atoms with Gasteiger partial charge >= 0.3 is 0 Å². The molecule has 0 spiro atoms. The van der Waals surface area contributed by atoms with Crippen LogP contribution in [-0.4, -0.2) is 43.1 Å². The van der Waals surface area contributed by atoms with Crippen molar-refractivity contribution >= 4 is 37.5 Å². The molecular formula is C22H22FN3O5S2. The standard InChI is InChI=1S/C22H22FN3O5S2/c1-2-26-17-11-18-19(31-13-30-18)12-20(17)32-22(26)24-21(27)14-7-9-25(10-8-14)33(28,29)16-5-3-15(23)4-6-16/h3-6,11-12,14H,2,7-10,13H2,1H3. The van der Waals surface area contributed by atoms with E-state index in [-0.39, 0.29) is 36.6 Å². The number of aromatic nitrogens is 1. The summed E-state index contributed by atoms with van der Waals surface area (Å²) in [5, 5.41) is 0. The molecule has 1 aromatic heterocycles. The first-order valence-electron chi connectivity index (χ1n) is 10.6. The molecule has 1 fully saturated rings. The molecule has 33 heavy (non-hydrogen) atoms. The lowest BCUT2D eigenvalue weighted by Gasteiger charge is -2.29. The van der Waals surface area contributed by atoms with Crippen molar-refractivity contribution in [2.24, 2.45) is 10.9 Å². The summed E-state index contributed by atoms with van der Waals surface area (Å²) in [6.07, 6.45) is 0.769. The Morgan fingerprint density at radius 2 is 1.82 bits per heavy atom. The van der Waals surface area contributed by atoms with Crippen LogP contribution in [0.2, 0.25) is 0 Å². The fourth-order valence-corrected chi connectivity index (χ4v) is 6.71. The van der Waals surface area contributed by atoms with Crippen molar-refractivity contribution in [1.29, 1.82) is 0 Å². The predicted molar refractivity (Wildman–Crippen MR) is 120 cm³/mol. The van der Waals surface area contributed by atoms with Gasteiger partial charge in [-0.25, -0.2) is 12.8 Å². The number of thiazole rings is 1. The second-order valence-electron chi connectivity index (χ2n) is 7.88. The van der Waals surface area contributed by atoms with Crippen LogP contribution >= 0.6 is 11.3 Å². The topological polar surface area (TPSA) is 90.2 Å². The molecule has 0 atom stereocenters. The maximum absolute atomic E-state index is 13.1. The van der Waals surface area contributed by atoms with Crippen molar-refractivity contribution in [2.45, 2.75) is 31.2 Å². The van der Waals surface area contributed by atoms with Crippen LogP contribution in [0.1, 0.15) is 19.8 Å². The van der Waals surface area contributed by atoms with Crippen LogP contribution in [0.3, 0.4) is 0 Å². The van der Waals surface area contributed by atoms with Crippen LogP contribution in [0.5, 0.6) is 11.5 Å². The summed E-state index contributed by atoms with van der Waals surface area (Å²) in [5.74, 6) is 0.268. The van der Waals surface area contributed by atoms with Crippen LogP contribution < -0.4 is 14.3 Å². The van der Waals surface area contributed by atoms with E-state index in [1.54, 1.807) is 0 Å². The molecule has 8 nitrogen and oxygen atoms in total. The molecule has 5 rings (SSSR count). The summed E-state index contributed by atoms with van der Waals surface area (Å²) >= 11 is 1.41. The number of carbonyl (C=O) groups excluding carboxylic acids is 1. The van der Waals surface area contributed by atoms with Gasteiger partial charge in [-0.05, 0) is 44.0 Å². The third-order valence-corrected chi connectivity index (χ3v) is 8.91. The van der Waals surface area contributed by atoms with Crippen LogP contribution in [-0.2, 0) is 21.4 Å². The maximum Gasteiger partial charge on any atom is 0.251 e. The number of sulfonamides is 1. The number of hydrogen-bond donors (Lipinski definition) is 0. The normalized spacial score (nSPS) is 17.7.